The number of carbonyl (C=O) groups is 1. The summed E-state index contributed by atoms with van der Waals surface area (Å²) in [4.78, 5) is 10.5. The van der Waals surface area contributed by atoms with E-state index in [1.54, 1.807) is 6.08 Å². The first-order valence-corrected chi connectivity index (χ1v) is 2.74. The van der Waals surface area contributed by atoms with Gasteiger partial charge in [-0.05, 0) is 12.5 Å². The lowest BCUT2D eigenvalue weighted by atomic mass is 10.0. The first kappa shape index (κ1) is 5.51. The molecule has 2 N–H and O–H groups in total. The van der Waals surface area contributed by atoms with Crippen molar-refractivity contribution < 1.29 is 4.79 Å². The lowest BCUT2D eigenvalue weighted by Crippen LogP contribution is -2.24. The summed E-state index contributed by atoms with van der Waals surface area (Å²) in [6, 6.07) is 0.0764. The van der Waals surface area contributed by atoms with E-state index in [9.17, 15) is 4.79 Å². The van der Waals surface area contributed by atoms with E-state index in [2.05, 4.69) is 0 Å². The molecule has 1 aliphatic rings. The molecule has 0 saturated carbocycles. The highest BCUT2D eigenvalue weighted by Crippen LogP contribution is 2.03. The summed E-state index contributed by atoms with van der Waals surface area (Å²) in [5.41, 5.74) is 5.45. The highest BCUT2D eigenvalue weighted by Gasteiger charge is 2.08. The Morgan fingerprint density at radius 2 is 2.50 bits per heavy atom. The van der Waals surface area contributed by atoms with Crippen LogP contribution in [0.5, 0.6) is 0 Å². The third-order valence-electron chi connectivity index (χ3n) is 1.21. The van der Waals surface area contributed by atoms with Crippen LogP contribution >= 0.6 is 0 Å². The van der Waals surface area contributed by atoms with E-state index in [1.165, 1.54) is 0 Å². The molecule has 0 aromatic carbocycles. The van der Waals surface area contributed by atoms with Gasteiger partial charge in [0.15, 0.2) is 5.78 Å². The average Bonchev–Trinajstić information content (AvgIpc) is 1.64. The monoisotopic (exact) mass is 111 g/mol. The van der Waals surface area contributed by atoms with Gasteiger partial charge in [0.05, 0.1) is 0 Å². The molecule has 0 aromatic rings. The maximum atomic E-state index is 10.5. The second-order valence-electron chi connectivity index (χ2n) is 2.07. The SMILES string of the molecule is N[C@H]1CC=CC(=O)C1. The van der Waals surface area contributed by atoms with Gasteiger partial charge in [0.2, 0.25) is 0 Å². The van der Waals surface area contributed by atoms with Crippen LogP contribution < -0.4 is 5.73 Å². The van der Waals surface area contributed by atoms with Gasteiger partial charge in [0, 0.05) is 12.5 Å². The van der Waals surface area contributed by atoms with Crippen LogP contribution in [0.3, 0.4) is 0 Å². The Morgan fingerprint density at radius 3 is 2.88 bits per heavy atom. The maximum absolute atomic E-state index is 10.5. The van der Waals surface area contributed by atoms with Crippen molar-refractivity contribution >= 4 is 5.78 Å². The molecule has 0 heterocycles. The molecule has 0 spiro atoms. The predicted molar refractivity (Wildman–Crippen MR) is 31.4 cm³/mol. The zero-order valence-corrected chi connectivity index (χ0v) is 4.63. The predicted octanol–water partition coefficient (Wildman–Crippen LogP) is 0.233. The highest BCUT2D eigenvalue weighted by atomic mass is 16.1. The van der Waals surface area contributed by atoms with E-state index in [0.717, 1.165) is 6.42 Å². The molecule has 0 radical (unpaired) electrons. The van der Waals surface area contributed by atoms with Crippen molar-refractivity contribution in [1.29, 1.82) is 0 Å². The molecule has 2 heteroatoms. The van der Waals surface area contributed by atoms with Crippen LogP contribution in [0.2, 0.25) is 0 Å². The topological polar surface area (TPSA) is 43.1 Å². The molecular formula is C6H9NO. The number of carbonyl (C=O) groups excluding carboxylic acids is 1. The minimum atomic E-state index is 0.0764. The standard InChI is InChI=1S/C6H9NO/c7-5-2-1-3-6(8)4-5/h1,3,5H,2,4,7H2/t5-/m0/s1. The van der Waals surface area contributed by atoms with Crippen molar-refractivity contribution in [2.45, 2.75) is 18.9 Å². The Morgan fingerprint density at radius 1 is 1.75 bits per heavy atom. The van der Waals surface area contributed by atoms with Crippen LogP contribution in [0.15, 0.2) is 12.2 Å². The van der Waals surface area contributed by atoms with Crippen molar-refractivity contribution in [3.8, 4) is 0 Å². The van der Waals surface area contributed by atoms with Crippen molar-refractivity contribution in [2.75, 3.05) is 0 Å². The Kier molecular flexibility index (Phi) is 1.44. The molecule has 8 heavy (non-hydrogen) atoms. The van der Waals surface area contributed by atoms with Gasteiger partial charge in [-0.2, -0.15) is 0 Å². The summed E-state index contributed by atoms with van der Waals surface area (Å²) >= 11 is 0. The van der Waals surface area contributed by atoms with Crippen LogP contribution in [-0.4, -0.2) is 11.8 Å². The molecule has 0 amide bonds. The number of nitrogens with two attached hydrogens (primary N) is 1. The molecule has 1 rings (SSSR count). The van der Waals surface area contributed by atoms with Gasteiger partial charge in [-0.15, -0.1) is 0 Å². The normalized spacial score (nSPS) is 28.6. The van der Waals surface area contributed by atoms with E-state index in [4.69, 9.17) is 5.73 Å². The molecule has 0 saturated heterocycles. The van der Waals surface area contributed by atoms with E-state index < -0.39 is 0 Å². The quantitative estimate of drug-likeness (QED) is 0.486. The number of hydrogen-bond acceptors (Lipinski definition) is 2. The van der Waals surface area contributed by atoms with Gasteiger partial charge in [0.1, 0.15) is 0 Å². The molecule has 0 bridgehead atoms. The smallest absolute Gasteiger partial charge is 0.156 e. The summed E-state index contributed by atoms with van der Waals surface area (Å²) in [7, 11) is 0. The summed E-state index contributed by atoms with van der Waals surface area (Å²) in [6.07, 6.45) is 4.81. The lowest BCUT2D eigenvalue weighted by molar-refractivity contribution is -0.115. The Labute approximate surface area is 48.4 Å². The van der Waals surface area contributed by atoms with Gasteiger partial charge in [-0.25, -0.2) is 0 Å². The minimum Gasteiger partial charge on any atom is -0.327 e. The molecule has 0 unspecified atom stereocenters. The van der Waals surface area contributed by atoms with Crippen LogP contribution in [0.4, 0.5) is 0 Å². The fraction of sp³-hybridized carbons (Fsp3) is 0.500. The summed E-state index contributed by atoms with van der Waals surface area (Å²) in [5, 5.41) is 0. The molecule has 0 fully saturated rings. The molecule has 1 atom stereocenters. The minimum absolute atomic E-state index is 0.0764. The Balaban J connectivity index is 2.54. The van der Waals surface area contributed by atoms with E-state index in [-0.39, 0.29) is 11.8 Å². The van der Waals surface area contributed by atoms with Gasteiger partial charge >= 0.3 is 0 Å². The largest absolute Gasteiger partial charge is 0.327 e. The number of rotatable bonds is 0. The average molecular weight is 111 g/mol. The molecule has 0 aromatic heterocycles. The first-order valence-electron chi connectivity index (χ1n) is 2.74. The molecule has 1 aliphatic carbocycles. The highest BCUT2D eigenvalue weighted by molar-refractivity contribution is 5.90. The third kappa shape index (κ3) is 1.17. The van der Waals surface area contributed by atoms with Gasteiger partial charge in [-0.3, -0.25) is 4.79 Å². The second-order valence-corrected chi connectivity index (χ2v) is 2.07. The van der Waals surface area contributed by atoms with Crippen molar-refractivity contribution in [3.05, 3.63) is 12.2 Å². The second kappa shape index (κ2) is 2.09. The van der Waals surface area contributed by atoms with Gasteiger partial charge < -0.3 is 5.73 Å². The Hall–Kier alpha value is -0.630. The number of allylic oxidation sites excluding steroid dienone is 1. The van der Waals surface area contributed by atoms with Crippen LogP contribution in [0.1, 0.15) is 12.8 Å². The summed E-state index contributed by atoms with van der Waals surface area (Å²) in [5.74, 6) is 0.156. The van der Waals surface area contributed by atoms with Crippen LogP contribution in [0.25, 0.3) is 0 Å². The van der Waals surface area contributed by atoms with Crippen LogP contribution in [-0.2, 0) is 4.79 Å². The van der Waals surface area contributed by atoms with Gasteiger partial charge in [0.25, 0.3) is 0 Å². The maximum Gasteiger partial charge on any atom is 0.156 e. The van der Waals surface area contributed by atoms with E-state index in [1.807, 2.05) is 6.08 Å². The number of ketones is 1. The zero-order chi connectivity index (χ0) is 5.98. The zero-order valence-electron chi connectivity index (χ0n) is 4.63. The molecule has 0 aliphatic heterocycles. The lowest BCUT2D eigenvalue weighted by Gasteiger charge is -2.09. The summed E-state index contributed by atoms with van der Waals surface area (Å²) < 4.78 is 0. The van der Waals surface area contributed by atoms with Crippen LogP contribution in [0, 0.1) is 0 Å². The van der Waals surface area contributed by atoms with Crippen molar-refractivity contribution in [3.63, 3.8) is 0 Å². The number of hydrogen-bond donors (Lipinski definition) is 1. The van der Waals surface area contributed by atoms with E-state index >= 15 is 0 Å². The third-order valence-corrected chi connectivity index (χ3v) is 1.21. The van der Waals surface area contributed by atoms with E-state index in [0.29, 0.717) is 6.42 Å². The van der Waals surface area contributed by atoms with Crippen molar-refractivity contribution in [2.24, 2.45) is 5.73 Å². The van der Waals surface area contributed by atoms with Crippen molar-refractivity contribution in [1.82, 2.24) is 0 Å². The fourth-order valence-electron chi connectivity index (χ4n) is 0.784. The summed E-state index contributed by atoms with van der Waals surface area (Å²) in [6.45, 7) is 0. The molecule has 44 valence electrons. The Bertz CT molecular complexity index is 128. The molecular weight excluding hydrogens is 102 g/mol. The fourth-order valence-corrected chi connectivity index (χ4v) is 0.784. The molecule has 2 nitrogen and oxygen atoms in total. The van der Waals surface area contributed by atoms with Gasteiger partial charge in [-0.1, -0.05) is 6.08 Å². The first-order chi connectivity index (χ1) is 3.79.